The summed E-state index contributed by atoms with van der Waals surface area (Å²) in [6.07, 6.45) is 2.74. The molecule has 0 aliphatic rings. The largest absolute Gasteiger partial charge is 0.490 e. The minimum absolute atomic E-state index is 0.629. The molecule has 21 heavy (non-hydrogen) atoms. The zero-order valence-corrected chi connectivity index (χ0v) is 14.3. The lowest BCUT2D eigenvalue weighted by Gasteiger charge is -2.13. The van der Waals surface area contributed by atoms with E-state index in [9.17, 15) is 0 Å². The molecule has 0 atom stereocenters. The van der Waals surface area contributed by atoms with Gasteiger partial charge in [0, 0.05) is 12.3 Å². The molecule has 0 fully saturated rings. The molecule has 0 spiro atoms. The maximum atomic E-state index is 5.62. The van der Waals surface area contributed by atoms with E-state index in [4.69, 9.17) is 21.7 Å². The van der Waals surface area contributed by atoms with Crippen molar-refractivity contribution in [3.8, 4) is 11.5 Å². The first-order valence-corrected chi connectivity index (χ1v) is 8.50. The Balaban J connectivity index is 2.53. The van der Waals surface area contributed by atoms with Crippen LogP contribution < -0.4 is 14.8 Å². The van der Waals surface area contributed by atoms with E-state index < -0.39 is 0 Å². The number of hydrogen-bond acceptors (Lipinski definition) is 4. The molecule has 1 aromatic rings. The van der Waals surface area contributed by atoms with Crippen molar-refractivity contribution < 1.29 is 9.47 Å². The molecule has 3 nitrogen and oxygen atoms in total. The van der Waals surface area contributed by atoms with E-state index in [1.54, 1.807) is 11.8 Å². The minimum atomic E-state index is 0.629. The van der Waals surface area contributed by atoms with Gasteiger partial charge in [-0.15, -0.1) is 6.58 Å². The van der Waals surface area contributed by atoms with E-state index in [2.05, 4.69) is 18.0 Å². The quantitative estimate of drug-likeness (QED) is 0.551. The van der Waals surface area contributed by atoms with E-state index >= 15 is 0 Å². The fraction of sp³-hybridized carbons (Fsp3) is 0.438. The number of thiocarbonyl (C=S) groups is 1. The van der Waals surface area contributed by atoms with Crippen molar-refractivity contribution in [3.63, 3.8) is 0 Å². The van der Waals surface area contributed by atoms with Crippen LogP contribution >= 0.6 is 24.0 Å². The second-order valence-electron chi connectivity index (χ2n) is 4.21. The Kier molecular flexibility index (Phi) is 8.94. The van der Waals surface area contributed by atoms with Crippen LogP contribution in [0.4, 0.5) is 0 Å². The fourth-order valence-corrected chi connectivity index (χ4v) is 2.53. The van der Waals surface area contributed by atoms with Gasteiger partial charge in [-0.05, 0) is 38.0 Å². The van der Waals surface area contributed by atoms with Gasteiger partial charge >= 0.3 is 0 Å². The third-order valence-electron chi connectivity index (χ3n) is 2.62. The van der Waals surface area contributed by atoms with Gasteiger partial charge in [0.25, 0.3) is 0 Å². The maximum Gasteiger partial charge on any atom is 0.161 e. The van der Waals surface area contributed by atoms with Gasteiger partial charge in [-0.1, -0.05) is 36.1 Å². The Bertz CT molecular complexity index is 464. The van der Waals surface area contributed by atoms with Gasteiger partial charge in [-0.25, -0.2) is 0 Å². The van der Waals surface area contributed by atoms with Gasteiger partial charge in [-0.3, -0.25) is 0 Å². The highest BCUT2D eigenvalue weighted by Gasteiger charge is 2.06. The standard InChI is InChI=1S/C16H23NO2S2/c1-4-11-21-16(20)17-10-9-13-7-8-14(18-5-2)15(12-13)19-6-3/h4,7-8,12H,1,5-6,9-11H2,2-3H3,(H,17,20). The third-order valence-corrected chi connectivity index (χ3v) is 3.93. The van der Waals surface area contributed by atoms with Crippen LogP contribution in [-0.2, 0) is 6.42 Å². The van der Waals surface area contributed by atoms with Crippen LogP contribution in [0.25, 0.3) is 0 Å². The molecule has 1 aromatic carbocycles. The van der Waals surface area contributed by atoms with Crippen LogP contribution in [0.1, 0.15) is 19.4 Å². The molecule has 116 valence electrons. The molecule has 0 radical (unpaired) electrons. The van der Waals surface area contributed by atoms with Crippen molar-refractivity contribution >= 4 is 28.3 Å². The summed E-state index contributed by atoms with van der Waals surface area (Å²) in [6, 6.07) is 6.07. The molecule has 0 aliphatic heterocycles. The SMILES string of the molecule is C=CCSC(=S)NCCc1ccc(OCC)c(OCC)c1. The van der Waals surface area contributed by atoms with Gasteiger partial charge in [0.15, 0.2) is 11.5 Å². The molecule has 1 rings (SSSR count). The van der Waals surface area contributed by atoms with E-state index in [0.29, 0.717) is 13.2 Å². The number of ether oxygens (including phenoxy) is 2. The summed E-state index contributed by atoms with van der Waals surface area (Å²) in [5, 5.41) is 3.23. The Labute approximate surface area is 137 Å². The molecule has 1 N–H and O–H groups in total. The molecule has 0 heterocycles. The molecule has 0 saturated heterocycles. The van der Waals surface area contributed by atoms with E-state index in [-0.39, 0.29) is 0 Å². The van der Waals surface area contributed by atoms with Crippen molar-refractivity contribution in [2.24, 2.45) is 0 Å². The van der Waals surface area contributed by atoms with Crippen LogP contribution in [0.2, 0.25) is 0 Å². The second kappa shape index (κ2) is 10.5. The maximum absolute atomic E-state index is 5.62. The predicted molar refractivity (Wildman–Crippen MR) is 95.7 cm³/mol. The van der Waals surface area contributed by atoms with E-state index in [1.165, 1.54) is 5.56 Å². The van der Waals surface area contributed by atoms with Gasteiger partial charge in [-0.2, -0.15) is 0 Å². The molecular weight excluding hydrogens is 302 g/mol. The highest BCUT2D eigenvalue weighted by Crippen LogP contribution is 2.28. The summed E-state index contributed by atoms with van der Waals surface area (Å²) in [5.74, 6) is 2.44. The Hall–Kier alpha value is -1.20. The molecule has 0 aliphatic carbocycles. The van der Waals surface area contributed by atoms with Crippen molar-refractivity contribution in [2.45, 2.75) is 20.3 Å². The predicted octanol–water partition coefficient (Wildman–Crippen LogP) is 3.82. The molecule has 0 unspecified atom stereocenters. The molecule has 0 aromatic heterocycles. The Morgan fingerprint density at radius 1 is 1.29 bits per heavy atom. The summed E-state index contributed by atoms with van der Waals surface area (Å²) in [4.78, 5) is 0. The summed E-state index contributed by atoms with van der Waals surface area (Å²) in [7, 11) is 0. The van der Waals surface area contributed by atoms with Gasteiger partial charge in [0.2, 0.25) is 0 Å². The average molecular weight is 325 g/mol. The summed E-state index contributed by atoms with van der Waals surface area (Å²) >= 11 is 6.81. The average Bonchev–Trinajstić information content (AvgIpc) is 2.48. The lowest BCUT2D eigenvalue weighted by atomic mass is 10.1. The molecule has 0 amide bonds. The Morgan fingerprint density at radius 2 is 2.00 bits per heavy atom. The number of benzene rings is 1. The first kappa shape index (κ1) is 17.9. The lowest BCUT2D eigenvalue weighted by Crippen LogP contribution is -2.21. The monoisotopic (exact) mass is 325 g/mol. The number of hydrogen-bond donors (Lipinski definition) is 1. The van der Waals surface area contributed by atoms with Crippen LogP contribution in [0.15, 0.2) is 30.9 Å². The van der Waals surface area contributed by atoms with Crippen molar-refractivity contribution in [1.29, 1.82) is 0 Å². The van der Waals surface area contributed by atoms with Crippen molar-refractivity contribution in [3.05, 3.63) is 36.4 Å². The second-order valence-corrected chi connectivity index (χ2v) is 5.91. The van der Waals surface area contributed by atoms with Crippen molar-refractivity contribution in [1.82, 2.24) is 5.32 Å². The lowest BCUT2D eigenvalue weighted by molar-refractivity contribution is 0.287. The van der Waals surface area contributed by atoms with E-state index in [1.807, 2.05) is 32.1 Å². The molecule has 0 saturated carbocycles. The summed E-state index contributed by atoms with van der Waals surface area (Å²) in [5.41, 5.74) is 1.20. The minimum Gasteiger partial charge on any atom is -0.490 e. The number of thioether (sulfide) groups is 1. The summed E-state index contributed by atoms with van der Waals surface area (Å²) in [6.45, 7) is 9.69. The van der Waals surface area contributed by atoms with Gasteiger partial charge in [0.1, 0.15) is 4.32 Å². The number of nitrogens with one attached hydrogen (secondary N) is 1. The van der Waals surface area contributed by atoms with Crippen LogP contribution in [-0.4, -0.2) is 29.8 Å². The zero-order chi connectivity index (χ0) is 15.5. The first-order valence-electron chi connectivity index (χ1n) is 7.11. The molecule has 5 heteroatoms. The highest BCUT2D eigenvalue weighted by atomic mass is 32.2. The van der Waals surface area contributed by atoms with E-state index in [0.717, 1.165) is 34.5 Å². The molecular formula is C16H23NO2S2. The van der Waals surface area contributed by atoms with Crippen molar-refractivity contribution in [2.75, 3.05) is 25.5 Å². The fourth-order valence-electron chi connectivity index (χ4n) is 1.75. The Morgan fingerprint density at radius 3 is 2.67 bits per heavy atom. The topological polar surface area (TPSA) is 30.5 Å². The molecule has 0 bridgehead atoms. The normalized spacial score (nSPS) is 10.0. The number of rotatable bonds is 9. The van der Waals surface area contributed by atoms with Crippen LogP contribution in [0.3, 0.4) is 0 Å². The van der Waals surface area contributed by atoms with Gasteiger partial charge < -0.3 is 14.8 Å². The third kappa shape index (κ3) is 6.87. The van der Waals surface area contributed by atoms with Crippen LogP contribution in [0, 0.1) is 0 Å². The highest BCUT2D eigenvalue weighted by molar-refractivity contribution is 8.23. The van der Waals surface area contributed by atoms with Gasteiger partial charge in [0.05, 0.1) is 13.2 Å². The zero-order valence-electron chi connectivity index (χ0n) is 12.7. The van der Waals surface area contributed by atoms with Crippen LogP contribution in [0.5, 0.6) is 11.5 Å². The smallest absolute Gasteiger partial charge is 0.161 e. The summed E-state index contributed by atoms with van der Waals surface area (Å²) < 4.78 is 12.0. The first-order chi connectivity index (χ1) is 10.2.